The van der Waals surface area contributed by atoms with Crippen molar-refractivity contribution in [1.29, 1.82) is 0 Å². The van der Waals surface area contributed by atoms with Gasteiger partial charge in [0.2, 0.25) is 0 Å². The summed E-state index contributed by atoms with van der Waals surface area (Å²) in [6.45, 7) is 0. The Morgan fingerprint density at radius 3 is 2.04 bits per heavy atom. The van der Waals surface area contributed by atoms with Gasteiger partial charge in [-0.3, -0.25) is 4.90 Å². The molecule has 1 heterocycles. The fourth-order valence-corrected chi connectivity index (χ4v) is 3.77. The topological polar surface area (TPSA) is 64.3 Å². The van der Waals surface area contributed by atoms with Crippen LogP contribution in [0.2, 0.25) is 0 Å². The zero-order valence-corrected chi connectivity index (χ0v) is 16.1. The second-order valence-electron chi connectivity index (χ2n) is 6.49. The summed E-state index contributed by atoms with van der Waals surface area (Å²) < 4.78 is 32.9. The third-order valence-electron chi connectivity index (χ3n) is 4.24. The van der Waals surface area contributed by atoms with Crippen molar-refractivity contribution in [3.05, 3.63) is 66.5 Å². The molecule has 1 aliphatic carbocycles. The van der Waals surface area contributed by atoms with E-state index < -0.39 is 15.4 Å². The van der Waals surface area contributed by atoms with E-state index in [9.17, 15) is 13.0 Å². The Balaban J connectivity index is 0.000000228. The number of aromatic nitrogens is 1. The summed E-state index contributed by atoms with van der Waals surface area (Å²) >= 11 is 0. The fourth-order valence-electron chi connectivity index (χ4n) is 2.86. The van der Waals surface area contributed by atoms with E-state index in [1.54, 1.807) is 0 Å². The number of nitrogens with zero attached hydrogens (tertiary/aromatic N) is 2. The number of rotatable bonds is 4. The van der Waals surface area contributed by atoms with Crippen molar-refractivity contribution in [3.63, 3.8) is 0 Å². The van der Waals surface area contributed by atoms with Crippen molar-refractivity contribution >= 4 is 22.0 Å². The summed E-state index contributed by atoms with van der Waals surface area (Å²) in [4.78, 5) is 2.10. The van der Waals surface area contributed by atoms with Crippen molar-refractivity contribution in [2.24, 2.45) is 0 Å². The molecule has 0 amide bonds. The zero-order chi connectivity index (χ0) is 19.0. The predicted octanol–water partition coefficient (Wildman–Crippen LogP) is 2.97. The largest absolute Gasteiger partial charge is 0.748 e. The molecule has 26 heavy (non-hydrogen) atoms. The van der Waals surface area contributed by atoms with Gasteiger partial charge in [-0.1, -0.05) is 49.2 Å². The van der Waals surface area contributed by atoms with Crippen LogP contribution < -0.4 is 4.57 Å². The van der Waals surface area contributed by atoms with Crippen LogP contribution in [0.5, 0.6) is 0 Å². The third kappa shape index (κ3) is 6.28. The van der Waals surface area contributed by atoms with E-state index >= 15 is 0 Å². The van der Waals surface area contributed by atoms with Gasteiger partial charge in [0.1, 0.15) is 0 Å². The van der Waals surface area contributed by atoms with Gasteiger partial charge in [0, 0.05) is 11.3 Å². The minimum atomic E-state index is -3.95. The van der Waals surface area contributed by atoms with Crippen molar-refractivity contribution in [2.75, 3.05) is 14.1 Å². The summed E-state index contributed by atoms with van der Waals surface area (Å²) in [5.74, 6) is 1.14. The van der Waals surface area contributed by atoms with Gasteiger partial charge in [0.05, 0.1) is 36.6 Å². The second kappa shape index (κ2) is 9.50. The molecule has 1 fully saturated rings. The predicted molar refractivity (Wildman–Crippen MR) is 103 cm³/mol. The molecule has 0 aliphatic heterocycles. The van der Waals surface area contributed by atoms with E-state index in [2.05, 4.69) is 66.3 Å². The lowest BCUT2D eigenvalue weighted by Gasteiger charge is -2.12. The van der Waals surface area contributed by atoms with E-state index in [-0.39, 0.29) is 0 Å². The van der Waals surface area contributed by atoms with E-state index in [0.29, 0.717) is 12.8 Å². The Hall–Kier alpha value is -2.18. The molecule has 1 aromatic carbocycles. The van der Waals surface area contributed by atoms with E-state index in [4.69, 9.17) is 0 Å². The quantitative estimate of drug-likeness (QED) is 0.610. The highest BCUT2D eigenvalue weighted by molar-refractivity contribution is 7.86. The Bertz CT molecular complexity index is 797. The summed E-state index contributed by atoms with van der Waals surface area (Å²) in [6.07, 6.45) is 9.21. The van der Waals surface area contributed by atoms with Gasteiger partial charge in [0.15, 0.2) is 0 Å². The number of benzene rings is 1. The van der Waals surface area contributed by atoms with Gasteiger partial charge in [0.25, 0.3) is 5.82 Å². The fraction of sp³-hybridized carbons (Fsp3) is 0.350. The standard InChI is InChI=1S/C15H17N2.C5H10O3S/c1-16(2)15(17-11-7-4-8-12-17)13-14-9-5-3-6-10-14;6-9(7,8)5-3-1-2-4-5/h3-13H,1-2H3;5H,1-4H2,(H,6,7,8)/q+1;/p-1. The van der Waals surface area contributed by atoms with Crippen molar-refractivity contribution in [3.8, 4) is 0 Å². The molecule has 1 saturated carbocycles. The van der Waals surface area contributed by atoms with Crippen molar-refractivity contribution in [2.45, 2.75) is 30.9 Å². The number of hydrogen-bond acceptors (Lipinski definition) is 4. The molecule has 0 atom stereocenters. The van der Waals surface area contributed by atoms with Crippen LogP contribution in [0.25, 0.3) is 11.9 Å². The van der Waals surface area contributed by atoms with Gasteiger partial charge < -0.3 is 4.55 Å². The number of pyridine rings is 1. The maximum atomic E-state index is 10.3. The Kier molecular flexibility index (Phi) is 7.36. The molecule has 1 aliphatic rings. The summed E-state index contributed by atoms with van der Waals surface area (Å²) in [7, 11) is 0.148. The molecule has 0 spiro atoms. The van der Waals surface area contributed by atoms with Crippen LogP contribution in [-0.4, -0.2) is 37.2 Å². The first-order chi connectivity index (χ1) is 12.4. The maximum absolute atomic E-state index is 10.3. The molecule has 5 nitrogen and oxygen atoms in total. The molecule has 0 unspecified atom stereocenters. The lowest BCUT2D eigenvalue weighted by atomic mass is 10.2. The zero-order valence-electron chi connectivity index (χ0n) is 15.3. The van der Waals surface area contributed by atoms with Gasteiger partial charge in [-0.15, -0.1) is 0 Å². The van der Waals surface area contributed by atoms with Crippen LogP contribution in [0.1, 0.15) is 31.2 Å². The van der Waals surface area contributed by atoms with E-state index in [0.717, 1.165) is 18.7 Å². The average Bonchev–Trinajstić information content (AvgIpc) is 3.17. The van der Waals surface area contributed by atoms with Gasteiger partial charge in [-0.05, 0) is 30.5 Å². The van der Waals surface area contributed by atoms with Crippen LogP contribution >= 0.6 is 0 Å². The normalized spacial score (nSPS) is 15.3. The summed E-state index contributed by atoms with van der Waals surface area (Å²) in [6, 6.07) is 16.4. The molecular weight excluding hydrogens is 348 g/mol. The third-order valence-corrected chi connectivity index (χ3v) is 5.53. The van der Waals surface area contributed by atoms with Gasteiger partial charge >= 0.3 is 0 Å². The minimum absolute atomic E-state index is 0.572. The van der Waals surface area contributed by atoms with Crippen LogP contribution in [0.4, 0.5) is 0 Å². The lowest BCUT2D eigenvalue weighted by molar-refractivity contribution is -0.590. The van der Waals surface area contributed by atoms with Crippen LogP contribution in [0.3, 0.4) is 0 Å². The van der Waals surface area contributed by atoms with Crippen molar-refractivity contribution in [1.82, 2.24) is 4.90 Å². The molecule has 0 bridgehead atoms. The molecule has 3 rings (SSSR count). The molecule has 6 heteroatoms. The van der Waals surface area contributed by atoms with Gasteiger partial charge in [-0.25, -0.2) is 13.0 Å². The molecular formula is C20H26N2O3S. The average molecular weight is 375 g/mol. The van der Waals surface area contributed by atoms with E-state index in [1.165, 1.54) is 5.56 Å². The summed E-state index contributed by atoms with van der Waals surface area (Å²) in [5.41, 5.74) is 1.20. The van der Waals surface area contributed by atoms with Crippen molar-refractivity contribution < 1.29 is 17.5 Å². The minimum Gasteiger partial charge on any atom is -0.748 e. The van der Waals surface area contributed by atoms with Gasteiger partial charge in [-0.2, -0.15) is 0 Å². The monoisotopic (exact) mass is 374 g/mol. The highest BCUT2D eigenvalue weighted by Crippen LogP contribution is 2.23. The molecule has 0 N–H and O–H groups in total. The highest BCUT2D eigenvalue weighted by atomic mass is 32.2. The highest BCUT2D eigenvalue weighted by Gasteiger charge is 2.20. The smallest absolute Gasteiger partial charge is 0.281 e. The molecule has 0 saturated heterocycles. The second-order valence-corrected chi connectivity index (χ2v) is 8.14. The first kappa shape index (κ1) is 20.1. The Labute approximate surface area is 156 Å². The van der Waals surface area contributed by atoms with Crippen LogP contribution in [-0.2, 0) is 10.1 Å². The van der Waals surface area contributed by atoms with Crippen LogP contribution in [0, 0.1) is 0 Å². The summed E-state index contributed by atoms with van der Waals surface area (Å²) in [5, 5.41) is -0.572. The Morgan fingerprint density at radius 2 is 1.58 bits per heavy atom. The number of hydrogen-bond donors (Lipinski definition) is 0. The maximum Gasteiger partial charge on any atom is 0.281 e. The first-order valence-electron chi connectivity index (χ1n) is 8.73. The molecule has 1 aromatic heterocycles. The molecule has 2 aromatic rings. The molecule has 140 valence electrons. The van der Waals surface area contributed by atoms with Crippen LogP contribution in [0.15, 0.2) is 60.9 Å². The first-order valence-corrected chi connectivity index (χ1v) is 10.2. The lowest BCUT2D eigenvalue weighted by Crippen LogP contribution is -2.38. The Morgan fingerprint density at radius 1 is 1.04 bits per heavy atom. The SMILES string of the molecule is CN(C)C(=Cc1ccccc1)[n+]1ccccc1.O=S(=O)([O-])C1CCCC1. The van der Waals surface area contributed by atoms with E-state index in [1.807, 2.05) is 24.3 Å². The molecule has 0 radical (unpaired) electrons.